The molecule has 4 rings (SSSR count). The monoisotopic (exact) mass is 608 g/mol. The zero-order valence-electron chi connectivity index (χ0n) is 27.7. The molecule has 1 aromatic carbocycles. The predicted molar refractivity (Wildman–Crippen MR) is 171 cm³/mol. The van der Waals surface area contributed by atoms with Crippen LogP contribution in [0.25, 0.3) is 0 Å². The summed E-state index contributed by atoms with van der Waals surface area (Å²) in [6.07, 6.45) is 7.38. The Labute approximate surface area is 263 Å². The van der Waals surface area contributed by atoms with Crippen molar-refractivity contribution in [2.45, 2.75) is 110 Å². The lowest BCUT2D eigenvalue weighted by Crippen LogP contribution is -2.57. The molecule has 0 bridgehead atoms. The molecule has 1 aromatic rings. The Bertz CT molecular complexity index is 1240. The molecule has 9 heteroatoms. The van der Waals surface area contributed by atoms with E-state index in [9.17, 15) is 19.2 Å². The van der Waals surface area contributed by atoms with Crippen LogP contribution in [0.4, 0.5) is 0 Å². The number of benzene rings is 1. The van der Waals surface area contributed by atoms with Crippen LogP contribution in [0.5, 0.6) is 0 Å². The average Bonchev–Trinajstić information content (AvgIpc) is 3.65. The molecular formula is C35H52N4O5. The second kappa shape index (κ2) is 14.7. The Balaban J connectivity index is 1.44. The highest BCUT2D eigenvalue weighted by molar-refractivity contribution is 5.96. The highest BCUT2D eigenvalue weighted by Gasteiger charge is 2.39. The van der Waals surface area contributed by atoms with E-state index in [0.717, 1.165) is 50.6 Å². The van der Waals surface area contributed by atoms with Gasteiger partial charge in [-0.25, -0.2) is 4.79 Å². The Kier molecular flexibility index (Phi) is 11.3. The molecule has 0 aromatic heterocycles. The first-order chi connectivity index (χ1) is 20.9. The average molecular weight is 609 g/mol. The van der Waals surface area contributed by atoms with Crippen molar-refractivity contribution in [3.05, 3.63) is 47.0 Å². The summed E-state index contributed by atoms with van der Waals surface area (Å²) in [6.45, 7) is 11.0. The van der Waals surface area contributed by atoms with Crippen molar-refractivity contribution < 1.29 is 23.9 Å². The van der Waals surface area contributed by atoms with E-state index in [1.54, 1.807) is 23.8 Å². The number of piperidine rings is 1. The van der Waals surface area contributed by atoms with Gasteiger partial charge in [0.15, 0.2) is 0 Å². The van der Waals surface area contributed by atoms with Crippen molar-refractivity contribution in [2.75, 3.05) is 27.2 Å². The maximum absolute atomic E-state index is 13.8. The maximum atomic E-state index is 13.8. The van der Waals surface area contributed by atoms with Crippen molar-refractivity contribution in [2.24, 2.45) is 11.8 Å². The third-order valence-electron chi connectivity index (χ3n) is 9.66. The fraction of sp³-hybridized carbons (Fsp3) is 0.657. The third kappa shape index (κ3) is 7.53. The van der Waals surface area contributed by atoms with Crippen LogP contribution in [0.2, 0.25) is 0 Å². The van der Waals surface area contributed by atoms with Crippen molar-refractivity contribution in [3.8, 4) is 0 Å². The van der Waals surface area contributed by atoms with E-state index in [-0.39, 0.29) is 53.7 Å². The van der Waals surface area contributed by atoms with E-state index in [2.05, 4.69) is 16.3 Å². The van der Waals surface area contributed by atoms with Gasteiger partial charge < -0.3 is 19.9 Å². The third-order valence-corrected chi connectivity index (χ3v) is 9.66. The van der Waals surface area contributed by atoms with E-state index >= 15 is 0 Å². The summed E-state index contributed by atoms with van der Waals surface area (Å²) in [5, 5.41) is 3.05. The van der Waals surface area contributed by atoms with Gasteiger partial charge in [-0.2, -0.15) is 0 Å². The van der Waals surface area contributed by atoms with E-state index < -0.39 is 12.1 Å². The topological polar surface area (TPSA) is 99.3 Å². The van der Waals surface area contributed by atoms with Crippen LogP contribution in [0, 0.1) is 11.8 Å². The Hall–Kier alpha value is -3.20. The molecule has 1 N–H and O–H groups in total. The molecule has 1 aliphatic carbocycles. The molecule has 5 atom stereocenters. The lowest BCUT2D eigenvalue weighted by molar-refractivity contribution is -0.157. The molecule has 9 nitrogen and oxygen atoms in total. The lowest BCUT2D eigenvalue weighted by atomic mass is 9.96. The second-order valence-corrected chi connectivity index (χ2v) is 13.6. The van der Waals surface area contributed by atoms with Crippen molar-refractivity contribution >= 4 is 23.7 Å². The van der Waals surface area contributed by atoms with E-state index in [0.29, 0.717) is 18.5 Å². The molecule has 2 heterocycles. The molecule has 3 aliphatic rings. The summed E-state index contributed by atoms with van der Waals surface area (Å²) in [6, 6.07) is 6.16. The number of likely N-dealkylation sites (tertiary alicyclic amines) is 2. The SMILES string of the molecule is C/C(=C\[C@H](C(C)C)N(C)C(=O)[C@@H](NC(=O)[C@H]1CCCCN1C)C(C)C)C(=O)N1CCC[C@H]1C(=O)O[C@H]1CCc2ccccc21. The van der Waals surface area contributed by atoms with E-state index in [1.807, 2.05) is 59.0 Å². The number of aryl methyl sites for hydroxylation is 1. The van der Waals surface area contributed by atoms with Crippen LogP contribution >= 0.6 is 0 Å². The van der Waals surface area contributed by atoms with Gasteiger partial charge in [0, 0.05) is 19.2 Å². The maximum Gasteiger partial charge on any atom is 0.329 e. The van der Waals surface area contributed by atoms with Gasteiger partial charge in [0.1, 0.15) is 18.2 Å². The van der Waals surface area contributed by atoms with Gasteiger partial charge in [0.25, 0.3) is 0 Å². The molecule has 2 aliphatic heterocycles. The smallest absolute Gasteiger partial charge is 0.329 e. The van der Waals surface area contributed by atoms with Gasteiger partial charge >= 0.3 is 5.97 Å². The molecule has 3 amide bonds. The molecule has 44 heavy (non-hydrogen) atoms. The van der Waals surface area contributed by atoms with Gasteiger partial charge in [0.2, 0.25) is 17.7 Å². The Morgan fingerprint density at radius 2 is 1.66 bits per heavy atom. The van der Waals surface area contributed by atoms with Gasteiger partial charge in [-0.15, -0.1) is 0 Å². The van der Waals surface area contributed by atoms with Gasteiger partial charge in [-0.3, -0.25) is 19.3 Å². The zero-order chi connectivity index (χ0) is 32.1. The van der Waals surface area contributed by atoms with Crippen LogP contribution in [0.1, 0.15) is 90.4 Å². The first-order valence-electron chi connectivity index (χ1n) is 16.5. The van der Waals surface area contributed by atoms with Crippen LogP contribution in [-0.4, -0.2) is 89.7 Å². The first kappa shape index (κ1) is 33.7. The number of nitrogens with zero attached hydrogens (tertiary/aromatic N) is 3. The minimum Gasteiger partial charge on any atom is -0.456 e. The number of rotatable bonds is 10. The van der Waals surface area contributed by atoms with Gasteiger partial charge in [-0.05, 0) is 82.0 Å². The van der Waals surface area contributed by atoms with Crippen molar-refractivity contribution in [1.82, 2.24) is 20.0 Å². The minimum atomic E-state index is -0.674. The number of likely N-dealkylation sites (N-methyl/N-ethyl adjacent to an activating group) is 2. The Morgan fingerprint density at radius 1 is 0.955 bits per heavy atom. The first-order valence-corrected chi connectivity index (χ1v) is 16.5. The number of hydrogen-bond acceptors (Lipinski definition) is 6. The number of amides is 3. The molecular weight excluding hydrogens is 556 g/mol. The largest absolute Gasteiger partial charge is 0.456 e. The summed E-state index contributed by atoms with van der Waals surface area (Å²) in [7, 11) is 3.70. The number of ether oxygens (including phenoxy) is 1. The molecule has 2 fully saturated rings. The van der Waals surface area contributed by atoms with Gasteiger partial charge in [-0.1, -0.05) is 64.5 Å². The Morgan fingerprint density at radius 3 is 2.34 bits per heavy atom. The fourth-order valence-electron chi connectivity index (χ4n) is 6.96. The lowest BCUT2D eigenvalue weighted by Gasteiger charge is -2.36. The highest BCUT2D eigenvalue weighted by Crippen LogP contribution is 2.35. The molecule has 0 unspecified atom stereocenters. The predicted octanol–water partition coefficient (Wildman–Crippen LogP) is 4.26. The molecule has 0 spiro atoms. The van der Waals surface area contributed by atoms with Crippen molar-refractivity contribution in [1.29, 1.82) is 0 Å². The number of nitrogens with one attached hydrogen (secondary N) is 1. The quantitative estimate of drug-likeness (QED) is 0.315. The van der Waals surface area contributed by atoms with Crippen molar-refractivity contribution in [3.63, 3.8) is 0 Å². The molecule has 242 valence electrons. The number of carbonyl (C=O) groups is 4. The normalized spacial score (nSPS) is 23.8. The summed E-state index contributed by atoms with van der Waals surface area (Å²) >= 11 is 0. The second-order valence-electron chi connectivity index (χ2n) is 13.6. The fourth-order valence-corrected chi connectivity index (χ4v) is 6.96. The van der Waals surface area contributed by atoms with E-state index in [4.69, 9.17) is 4.74 Å². The zero-order valence-corrected chi connectivity index (χ0v) is 27.7. The molecule has 2 saturated heterocycles. The van der Waals surface area contributed by atoms with Crippen LogP contribution < -0.4 is 5.32 Å². The summed E-state index contributed by atoms with van der Waals surface area (Å²) in [5.41, 5.74) is 2.76. The summed E-state index contributed by atoms with van der Waals surface area (Å²) in [4.78, 5) is 59.4. The van der Waals surface area contributed by atoms with Crippen LogP contribution in [0.15, 0.2) is 35.9 Å². The standard InChI is InChI=1S/C35H52N4O5/c1-22(2)29(38(7)34(42)31(23(3)4)36-32(40)27-15-10-11-19-37(27)6)21-24(5)33(41)39-20-12-16-28(39)35(43)44-30-18-17-25-13-8-9-14-26(25)30/h8-9,13-14,21-23,27-31H,10-12,15-20H2,1-7H3,(H,36,40)/b24-21+/t27-,28+,29-,30+,31+/m1/s1. The number of hydrogen-bond donors (Lipinski definition) is 1. The summed E-state index contributed by atoms with van der Waals surface area (Å²) < 4.78 is 5.96. The number of fused-ring (bicyclic) bond motifs is 1. The van der Waals surface area contributed by atoms with Crippen LogP contribution in [-0.2, 0) is 30.3 Å². The highest BCUT2D eigenvalue weighted by atomic mass is 16.5. The summed E-state index contributed by atoms with van der Waals surface area (Å²) in [5.74, 6) is -0.939. The number of carbonyl (C=O) groups excluding carboxylic acids is 4. The minimum absolute atomic E-state index is 0.0152. The van der Waals surface area contributed by atoms with Crippen LogP contribution in [0.3, 0.4) is 0 Å². The molecule has 0 saturated carbocycles. The van der Waals surface area contributed by atoms with E-state index in [1.165, 1.54) is 5.56 Å². The number of esters is 1. The van der Waals surface area contributed by atoms with Gasteiger partial charge in [0.05, 0.1) is 12.1 Å². The molecule has 0 radical (unpaired) electrons.